The molecule has 106 valence electrons. The van der Waals surface area contributed by atoms with Crippen LogP contribution in [0.5, 0.6) is 0 Å². The topological polar surface area (TPSA) is 43.4 Å². The van der Waals surface area contributed by atoms with Crippen molar-refractivity contribution in [2.75, 3.05) is 6.61 Å². The van der Waals surface area contributed by atoms with Crippen molar-refractivity contribution in [3.8, 4) is 0 Å². The molecule has 3 nitrogen and oxygen atoms in total. The molecule has 3 heteroatoms. The SMILES string of the molecule is CCOC(=O)C1=C2CC(C)(C)CC[C@]2(C)CCC1=O. The number of carbonyl (C=O) groups excluding carboxylic acids is 2. The lowest BCUT2D eigenvalue weighted by molar-refractivity contribution is -0.140. The van der Waals surface area contributed by atoms with Gasteiger partial charge in [-0.05, 0) is 49.0 Å². The van der Waals surface area contributed by atoms with Gasteiger partial charge in [0.15, 0.2) is 5.78 Å². The van der Waals surface area contributed by atoms with Gasteiger partial charge in [0.1, 0.15) is 5.57 Å². The fraction of sp³-hybridized carbons (Fsp3) is 0.750. The van der Waals surface area contributed by atoms with E-state index < -0.39 is 5.97 Å². The third-order valence-corrected chi connectivity index (χ3v) is 4.70. The molecule has 2 rings (SSSR count). The van der Waals surface area contributed by atoms with E-state index in [1.165, 1.54) is 0 Å². The standard InChI is InChI=1S/C16H24O3/c1-5-19-14(18)13-11-10-15(2,3)8-9-16(11,4)7-6-12(13)17/h5-10H2,1-4H3/t16-/m0/s1. The Bertz CT molecular complexity index is 445. The number of Topliss-reactive ketones (excluding diaryl/α,β-unsaturated/α-hetero) is 1. The Morgan fingerprint density at radius 1 is 1.21 bits per heavy atom. The van der Waals surface area contributed by atoms with Crippen LogP contribution in [0.1, 0.15) is 59.8 Å². The predicted octanol–water partition coefficient (Wildman–Crippen LogP) is 3.43. The van der Waals surface area contributed by atoms with E-state index in [1.807, 2.05) is 0 Å². The van der Waals surface area contributed by atoms with E-state index in [4.69, 9.17) is 4.74 Å². The number of esters is 1. The monoisotopic (exact) mass is 264 g/mol. The van der Waals surface area contributed by atoms with Gasteiger partial charge in [0.25, 0.3) is 0 Å². The summed E-state index contributed by atoms with van der Waals surface area (Å²) < 4.78 is 5.10. The first-order valence-corrected chi connectivity index (χ1v) is 7.23. The summed E-state index contributed by atoms with van der Waals surface area (Å²) in [7, 11) is 0. The molecule has 0 bridgehead atoms. The average molecular weight is 264 g/mol. The lowest BCUT2D eigenvalue weighted by Crippen LogP contribution is -2.38. The van der Waals surface area contributed by atoms with E-state index >= 15 is 0 Å². The minimum atomic E-state index is -0.411. The summed E-state index contributed by atoms with van der Waals surface area (Å²) in [6, 6.07) is 0. The van der Waals surface area contributed by atoms with Gasteiger partial charge < -0.3 is 4.74 Å². The van der Waals surface area contributed by atoms with E-state index in [2.05, 4.69) is 20.8 Å². The normalized spacial score (nSPS) is 30.0. The molecule has 0 aromatic rings. The molecule has 2 aliphatic rings. The molecule has 0 unspecified atom stereocenters. The highest BCUT2D eigenvalue weighted by atomic mass is 16.5. The second-order valence-corrected chi connectivity index (χ2v) is 6.90. The average Bonchev–Trinajstić information content (AvgIpc) is 2.31. The van der Waals surface area contributed by atoms with Gasteiger partial charge in [0.2, 0.25) is 0 Å². The number of allylic oxidation sites excluding steroid dienone is 1. The highest BCUT2D eigenvalue weighted by Crippen LogP contribution is 2.54. The van der Waals surface area contributed by atoms with Crippen LogP contribution in [0.3, 0.4) is 0 Å². The Morgan fingerprint density at radius 3 is 2.53 bits per heavy atom. The third kappa shape index (κ3) is 2.60. The van der Waals surface area contributed by atoms with Crippen LogP contribution >= 0.6 is 0 Å². The summed E-state index contributed by atoms with van der Waals surface area (Å²) in [6.45, 7) is 8.72. The summed E-state index contributed by atoms with van der Waals surface area (Å²) in [6.07, 6.45) is 4.40. The molecule has 0 aromatic heterocycles. The van der Waals surface area contributed by atoms with Gasteiger partial charge in [0, 0.05) is 6.42 Å². The van der Waals surface area contributed by atoms with Crippen LogP contribution in [0.15, 0.2) is 11.1 Å². The van der Waals surface area contributed by atoms with Gasteiger partial charge in [0.05, 0.1) is 6.61 Å². The molecule has 1 atom stereocenters. The van der Waals surface area contributed by atoms with Gasteiger partial charge in [-0.2, -0.15) is 0 Å². The minimum absolute atomic E-state index is 0.0194. The third-order valence-electron chi connectivity index (χ3n) is 4.70. The lowest BCUT2D eigenvalue weighted by atomic mass is 9.58. The smallest absolute Gasteiger partial charge is 0.341 e. The second-order valence-electron chi connectivity index (χ2n) is 6.90. The minimum Gasteiger partial charge on any atom is -0.462 e. The summed E-state index contributed by atoms with van der Waals surface area (Å²) in [5.41, 5.74) is 1.61. The van der Waals surface area contributed by atoms with Crippen molar-refractivity contribution in [2.24, 2.45) is 10.8 Å². The van der Waals surface area contributed by atoms with Crippen LogP contribution in [0.2, 0.25) is 0 Å². The van der Waals surface area contributed by atoms with Crippen molar-refractivity contribution in [1.82, 2.24) is 0 Å². The summed E-state index contributed by atoms with van der Waals surface area (Å²) in [5, 5.41) is 0. The van der Waals surface area contributed by atoms with Crippen molar-refractivity contribution in [2.45, 2.75) is 59.8 Å². The number of hydrogen-bond donors (Lipinski definition) is 0. The zero-order valence-electron chi connectivity index (χ0n) is 12.5. The fourth-order valence-corrected chi connectivity index (χ4v) is 3.33. The first-order valence-electron chi connectivity index (χ1n) is 7.23. The van der Waals surface area contributed by atoms with Crippen molar-refractivity contribution >= 4 is 11.8 Å². The van der Waals surface area contributed by atoms with Crippen LogP contribution in [0, 0.1) is 10.8 Å². The number of fused-ring (bicyclic) bond motifs is 1. The van der Waals surface area contributed by atoms with Crippen LogP contribution in [0.25, 0.3) is 0 Å². The van der Waals surface area contributed by atoms with Crippen LogP contribution < -0.4 is 0 Å². The molecule has 1 fully saturated rings. The Hall–Kier alpha value is -1.12. The lowest BCUT2D eigenvalue weighted by Gasteiger charge is -2.46. The van der Waals surface area contributed by atoms with Crippen molar-refractivity contribution < 1.29 is 14.3 Å². The van der Waals surface area contributed by atoms with Crippen molar-refractivity contribution in [1.29, 1.82) is 0 Å². The molecule has 0 amide bonds. The highest BCUT2D eigenvalue weighted by Gasteiger charge is 2.45. The van der Waals surface area contributed by atoms with E-state index in [-0.39, 0.29) is 16.6 Å². The maximum Gasteiger partial charge on any atom is 0.341 e. The molecule has 2 aliphatic carbocycles. The maximum atomic E-state index is 12.2. The van der Waals surface area contributed by atoms with Gasteiger partial charge in [-0.25, -0.2) is 4.79 Å². The molecule has 0 spiro atoms. The van der Waals surface area contributed by atoms with Crippen molar-refractivity contribution in [3.63, 3.8) is 0 Å². The quantitative estimate of drug-likeness (QED) is 0.567. The van der Waals surface area contributed by atoms with Gasteiger partial charge in [-0.3, -0.25) is 4.79 Å². The molecule has 0 saturated heterocycles. The Kier molecular flexibility index (Phi) is 3.59. The zero-order valence-corrected chi connectivity index (χ0v) is 12.5. The van der Waals surface area contributed by atoms with Gasteiger partial charge in [-0.1, -0.05) is 20.8 Å². The summed E-state index contributed by atoms with van der Waals surface area (Å²) >= 11 is 0. The Balaban J connectivity index is 2.47. The molecule has 0 aromatic carbocycles. The van der Waals surface area contributed by atoms with Crippen molar-refractivity contribution in [3.05, 3.63) is 11.1 Å². The fourth-order valence-electron chi connectivity index (χ4n) is 3.33. The van der Waals surface area contributed by atoms with Gasteiger partial charge >= 0.3 is 5.97 Å². The first-order chi connectivity index (χ1) is 8.79. The molecule has 0 radical (unpaired) electrons. The molecule has 0 heterocycles. The second kappa shape index (κ2) is 4.77. The number of rotatable bonds is 2. The molecular formula is C16H24O3. The van der Waals surface area contributed by atoms with Gasteiger partial charge in [-0.15, -0.1) is 0 Å². The molecule has 0 N–H and O–H groups in total. The van der Waals surface area contributed by atoms with E-state index in [9.17, 15) is 9.59 Å². The number of carbonyl (C=O) groups is 2. The Morgan fingerprint density at radius 2 is 1.89 bits per heavy atom. The first kappa shape index (κ1) is 14.3. The molecule has 0 aliphatic heterocycles. The Labute approximate surface area is 115 Å². The maximum absolute atomic E-state index is 12.2. The van der Waals surface area contributed by atoms with Crippen LogP contribution in [0.4, 0.5) is 0 Å². The number of ketones is 1. The summed E-state index contributed by atoms with van der Waals surface area (Å²) in [5.74, 6) is -0.435. The zero-order chi connectivity index (χ0) is 14.3. The van der Waals surface area contributed by atoms with Crippen LogP contribution in [-0.4, -0.2) is 18.4 Å². The molecule has 19 heavy (non-hydrogen) atoms. The van der Waals surface area contributed by atoms with E-state index in [1.54, 1.807) is 6.92 Å². The number of ether oxygens (including phenoxy) is 1. The molecular weight excluding hydrogens is 240 g/mol. The predicted molar refractivity (Wildman–Crippen MR) is 73.6 cm³/mol. The highest BCUT2D eigenvalue weighted by molar-refractivity contribution is 6.18. The molecule has 1 saturated carbocycles. The largest absolute Gasteiger partial charge is 0.462 e. The van der Waals surface area contributed by atoms with E-state index in [0.29, 0.717) is 18.6 Å². The van der Waals surface area contributed by atoms with E-state index in [0.717, 1.165) is 31.3 Å². The van der Waals surface area contributed by atoms with Crippen LogP contribution in [-0.2, 0) is 14.3 Å². The number of hydrogen-bond acceptors (Lipinski definition) is 3. The summed E-state index contributed by atoms with van der Waals surface area (Å²) in [4.78, 5) is 24.3.